The van der Waals surface area contributed by atoms with Gasteiger partial charge in [0, 0.05) is 40.5 Å². The third-order valence-electron chi connectivity index (χ3n) is 2.62. The molecule has 1 aromatic carbocycles. The number of nitrogens with one attached hydrogen (secondary N) is 1. The van der Waals surface area contributed by atoms with E-state index in [1.807, 2.05) is 13.8 Å². The van der Waals surface area contributed by atoms with E-state index in [1.165, 1.54) is 6.07 Å². The van der Waals surface area contributed by atoms with Gasteiger partial charge in [0.05, 0.1) is 0 Å². The first-order chi connectivity index (χ1) is 8.90. The summed E-state index contributed by atoms with van der Waals surface area (Å²) in [5.41, 5.74) is 0.663. The van der Waals surface area contributed by atoms with Crippen molar-refractivity contribution in [2.45, 2.75) is 32.5 Å². The van der Waals surface area contributed by atoms with E-state index in [2.05, 4.69) is 10.1 Å². The van der Waals surface area contributed by atoms with Gasteiger partial charge in [-0.2, -0.15) is 8.78 Å². The average molecular weight is 291 g/mol. The average Bonchev–Trinajstić information content (AvgIpc) is 2.27. The van der Waals surface area contributed by atoms with Gasteiger partial charge in [-0.25, -0.2) is 0 Å². The maximum absolute atomic E-state index is 12.3. The van der Waals surface area contributed by atoms with Gasteiger partial charge >= 0.3 is 6.61 Å². The molecule has 1 N–H and O–H groups in total. The second-order valence-corrected chi connectivity index (χ2v) is 5.93. The van der Waals surface area contributed by atoms with Gasteiger partial charge in [-0.1, -0.05) is 18.2 Å². The molecule has 0 bridgehead atoms. The van der Waals surface area contributed by atoms with E-state index in [9.17, 15) is 13.0 Å². The zero-order chi connectivity index (χ0) is 14.4. The predicted octanol–water partition coefficient (Wildman–Crippen LogP) is 2.71. The normalized spacial score (nSPS) is 16.1. The van der Waals surface area contributed by atoms with E-state index in [0.717, 1.165) is 0 Å². The summed E-state index contributed by atoms with van der Waals surface area (Å²) in [6.07, 6.45) is 1.64. The predicted molar refractivity (Wildman–Crippen MR) is 73.0 cm³/mol. The first kappa shape index (κ1) is 16.0. The maximum Gasteiger partial charge on any atom is 0.387 e. The molecule has 0 aliphatic carbocycles. The van der Waals surface area contributed by atoms with Crippen LogP contribution in [0.4, 0.5) is 8.78 Å². The van der Waals surface area contributed by atoms with Crippen molar-refractivity contribution in [3.05, 3.63) is 29.8 Å². The molecule has 0 heterocycles. The minimum Gasteiger partial charge on any atom is -0.434 e. The Morgan fingerprint density at radius 3 is 2.53 bits per heavy atom. The molecule has 1 aromatic rings. The second kappa shape index (κ2) is 7.55. The molecule has 0 saturated heterocycles. The van der Waals surface area contributed by atoms with Crippen molar-refractivity contribution in [2.24, 2.45) is 0 Å². The van der Waals surface area contributed by atoms with E-state index in [0.29, 0.717) is 11.3 Å². The van der Waals surface area contributed by atoms with Crippen molar-refractivity contribution in [2.75, 3.05) is 12.0 Å². The molecule has 1 rings (SSSR count). The van der Waals surface area contributed by atoms with Crippen LogP contribution in [0.15, 0.2) is 24.3 Å². The topological polar surface area (TPSA) is 38.3 Å². The van der Waals surface area contributed by atoms with Crippen LogP contribution in [0.5, 0.6) is 5.75 Å². The molecule has 3 unspecified atom stereocenters. The van der Waals surface area contributed by atoms with E-state index >= 15 is 0 Å². The number of rotatable bonds is 7. The SMILES string of the molecule is CC(CS(C)=O)NC(C)c1ccccc1OC(F)F. The summed E-state index contributed by atoms with van der Waals surface area (Å²) in [6.45, 7) is 0.936. The molecule has 0 amide bonds. The van der Waals surface area contributed by atoms with Gasteiger partial charge in [-0.3, -0.25) is 4.21 Å². The Labute approximate surface area is 114 Å². The molecule has 0 spiro atoms. The van der Waals surface area contributed by atoms with E-state index in [-0.39, 0.29) is 17.8 Å². The quantitative estimate of drug-likeness (QED) is 0.839. The molecule has 3 nitrogen and oxygen atoms in total. The Kier molecular flexibility index (Phi) is 6.37. The third-order valence-corrected chi connectivity index (χ3v) is 3.59. The number of para-hydroxylation sites is 1. The Morgan fingerprint density at radius 2 is 1.95 bits per heavy atom. The zero-order valence-electron chi connectivity index (χ0n) is 11.2. The monoisotopic (exact) mass is 291 g/mol. The van der Waals surface area contributed by atoms with Crippen LogP contribution in [0.3, 0.4) is 0 Å². The maximum atomic E-state index is 12.3. The summed E-state index contributed by atoms with van der Waals surface area (Å²) in [5.74, 6) is 0.685. The van der Waals surface area contributed by atoms with Crippen LogP contribution in [0.2, 0.25) is 0 Å². The molecule has 0 saturated carbocycles. The lowest BCUT2D eigenvalue weighted by molar-refractivity contribution is -0.0506. The molecule has 0 radical (unpaired) electrons. The summed E-state index contributed by atoms with van der Waals surface area (Å²) in [6, 6.07) is 6.55. The first-order valence-corrected chi connectivity index (χ1v) is 7.72. The molecule has 3 atom stereocenters. The lowest BCUT2D eigenvalue weighted by atomic mass is 10.1. The largest absolute Gasteiger partial charge is 0.434 e. The molecule has 6 heteroatoms. The number of hydrogen-bond donors (Lipinski definition) is 1. The summed E-state index contributed by atoms with van der Waals surface area (Å²) in [5, 5.41) is 3.22. The fourth-order valence-corrected chi connectivity index (χ4v) is 2.76. The minimum atomic E-state index is -2.84. The Hall–Kier alpha value is -1.01. The van der Waals surface area contributed by atoms with Gasteiger partial charge in [-0.15, -0.1) is 0 Å². The highest BCUT2D eigenvalue weighted by atomic mass is 32.2. The van der Waals surface area contributed by atoms with Crippen molar-refractivity contribution in [3.8, 4) is 5.75 Å². The molecular formula is C13H19F2NO2S. The molecule has 108 valence electrons. The van der Waals surface area contributed by atoms with Gasteiger partial charge in [-0.05, 0) is 19.9 Å². The Morgan fingerprint density at radius 1 is 1.32 bits per heavy atom. The number of hydrogen-bond acceptors (Lipinski definition) is 3. The van der Waals surface area contributed by atoms with Crippen molar-refractivity contribution in [1.82, 2.24) is 5.32 Å². The van der Waals surface area contributed by atoms with Crippen LogP contribution in [0.1, 0.15) is 25.5 Å². The number of alkyl halides is 2. The van der Waals surface area contributed by atoms with E-state index < -0.39 is 17.4 Å². The lowest BCUT2D eigenvalue weighted by Crippen LogP contribution is -2.33. The fraction of sp³-hybridized carbons (Fsp3) is 0.538. The van der Waals surface area contributed by atoms with Crippen molar-refractivity contribution in [3.63, 3.8) is 0 Å². The Bertz CT molecular complexity index is 429. The fourth-order valence-electron chi connectivity index (χ4n) is 1.96. The van der Waals surface area contributed by atoms with Gasteiger partial charge in [0.1, 0.15) is 5.75 Å². The van der Waals surface area contributed by atoms with Crippen LogP contribution in [-0.2, 0) is 10.8 Å². The van der Waals surface area contributed by atoms with Crippen LogP contribution >= 0.6 is 0 Å². The molecule has 0 aliphatic rings. The van der Waals surface area contributed by atoms with Crippen molar-refractivity contribution in [1.29, 1.82) is 0 Å². The smallest absolute Gasteiger partial charge is 0.387 e. The van der Waals surface area contributed by atoms with Crippen LogP contribution in [0, 0.1) is 0 Å². The molecule has 0 aliphatic heterocycles. The molecule has 0 aromatic heterocycles. The highest BCUT2D eigenvalue weighted by molar-refractivity contribution is 7.84. The highest BCUT2D eigenvalue weighted by Gasteiger charge is 2.16. The van der Waals surface area contributed by atoms with Crippen molar-refractivity contribution < 1.29 is 17.7 Å². The van der Waals surface area contributed by atoms with Gasteiger partial charge in [0.25, 0.3) is 0 Å². The summed E-state index contributed by atoms with van der Waals surface area (Å²) < 4.78 is 40.3. The van der Waals surface area contributed by atoms with Crippen LogP contribution in [-0.4, -0.2) is 28.9 Å². The molecule has 0 fully saturated rings. The van der Waals surface area contributed by atoms with Gasteiger partial charge < -0.3 is 10.1 Å². The summed E-state index contributed by atoms with van der Waals surface area (Å²) >= 11 is 0. The summed E-state index contributed by atoms with van der Waals surface area (Å²) in [4.78, 5) is 0. The number of benzene rings is 1. The highest BCUT2D eigenvalue weighted by Crippen LogP contribution is 2.26. The standard InChI is InChI=1S/C13H19F2NO2S/c1-9(8-19(3)17)16-10(2)11-6-4-5-7-12(11)18-13(14)15/h4-7,9-10,13,16H,8H2,1-3H3. The van der Waals surface area contributed by atoms with Crippen LogP contribution < -0.4 is 10.1 Å². The van der Waals surface area contributed by atoms with Gasteiger partial charge in [0.2, 0.25) is 0 Å². The Balaban J connectivity index is 2.75. The first-order valence-electron chi connectivity index (χ1n) is 6.00. The molecule has 19 heavy (non-hydrogen) atoms. The lowest BCUT2D eigenvalue weighted by Gasteiger charge is -2.21. The second-order valence-electron chi connectivity index (χ2n) is 4.45. The van der Waals surface area contributed by atoms with Crippen molar-refractivity contribution >= 4 is 10.8 Å². The zero-order valence-corrected chi connectivity index (χ0v) is 12.0. The number of ether oxygens (including phenoxy) is 1. The van der Waals surface area contributed by atoms with Crippen LogP contribution in [0.25, 0.3) is 0 Å². The molecular weight excluding hydrogens is 272 g/mol. The minimum absolute atomic E-state index is 0.0282. The van der Waals surface area contributed by atoms with E-state index in [4.69, 9.17) is 0 Å². The summed E-state index contributed by atoms with van der Waals surface area (Å²) in [7, 11) is -0.897. The third kappa shape index (κ3) is 5.65. The van der Waals surface area contributed by atoms with E-state index in [1.54, 1.807) is 24.5 Å². The van der Waals surface area contributed by atoms with Gasteiger partial charge in [0.15, 0.2) is 0 Å². The number of halogens is 2.